The van der Waals surface area contributed by atoms with Gasteiger partial charge in [0.2, 0.25) is 0 Å². The van der Waals surface area contributed by atoms with Gasteiger partial charge in [-0.3, -0.25) is 0 Å². The molecule has 0 spiro atoms. The largest absolute Gasteiger partial charge is 1.00 e. The van der Waals surface area contributed by atoms with Crippen LogP contribution in [0.5, 0.6) is 0 Å². The molecule has 2 heterocycles. The third kappa shape index (κ3) is 3.47. The van der Waals surface area contributed by atoms with Gasteiger partial charge in [0, 0.05) is 0 Å². The quantitative estimate of drug-likeness (QED) is 0.261. The Kier molecular flexibility index (Phi) is 5.89. The summed E-state index contributed by atoms with van der Waals surface area (Å²) in [7, 11) is 0. The third-order valence-corrected chi connectivity index (χ3v) is 3.80. The Morgan fingerprint density at radius 3 is 2.43 bits per heavy atom. The summed E-state index contributed by atoms with van der Waals surface area (Å²) in [6, 6.07) is 0. The molecular formula is C12H20O11. The average Bonchev–Trinajstić information content (AvgIpc) is 2.82. The summed E-state index contributed by atoms with van der Waals surface area (Å²) in [6.07, 6.45) is -14.9. The Balaban J connectivity index is 0.00000288. The maximum absolute atomic E-state index is 12.0. The highest BCUT2D eigenvalue weighted by atomic mass is 16.7. The van der Waals surface area contributed by atoms with Crippen molar-refractivity contribution in [2.75, 3.05) is 13.2 Å². The van der Waals surface area contributed by atoms with Crippen molar-refractivity contribution in [3.63, 3.8) is 0 Å². The first-order chi connectivity index (χ1) is 10.8. The molecule has 11 nitrogen and oxygen atoms in total. The van der Waals surface area contributed by atoms with E-state index in [1.54, 1.807) is 0 Å². The SMILES string of the molecule is O=C1O[C@H]([C@@H](O)CO)C([O-])C1O[C@H]1O[C@H](CO)[C@@H](O)[C@H](O)[C@H]1O.[H+]. The van der Waals surface area contributed by atoms with Crippen molar-refractivity contribution in [1.82, 2.24) is 0 Å². The van der Waals surface area contributed by atoms with Crippen molar-refractivity contribution >= 4 is 5.97 Å². The van der Waals surface area contributed by atoms with E-state index < -0.39 is 74.3 Å². The van der Waals surface area contributed by atoms with E-state index in [2.05, 4.69) is 4.74 Å². The molecule has 2 aliphatic heterocycles. The maximum Gasteiger partial charge on any atom is 1.00 e. The minimum absolute atomic E-state index is 0. The lowest BCUT2D eigenvalue weighted by atomic mass is 9.99. The van der Waals surface area contributed by atoms with E-state index in [1.807, 2.05) is 0 Å². The number of rotatable bonds is 5. The molecule has 134 valence electrons. The zero-order valence-corrected chi connectivity index (χ0v) is 11.8. The van der Waals surface area contributed by atoms with Crippen LogP contribution in [0.4, 0.5) is 0 Å². The van der Waals surface area contributed by atoms with Gasteiger partial charge in [-0.2, -0.15) is 0 Å². The van der Waals surface area contributed by atoms with Crippen molar-refractivity contribution in [3.8, 4) is 0 Å². The molecule has 0 bridgehead atoms. The van der Waals surface area contributed by atoms with Gasteiger partial charge in [-0.25, -0.2) is 4.79 Å². The number of aliphatic hydroxyl groups excluding tert-OH is 6. The fraction of sp³-hybridized carbons (Fsp3) is 0.917. The van der Waals surface area contributed by atoms with E-state index in [9.17, 15) is 30.3 Å². The van der Waals surface area contributed by atoms with Crippen LogP contribution < -0.4 is 5.11 Å². The normalized spacial score (nSPS) is 45.8. The summed E-state index contributed by atoms with van der Waals surface area (Å²) in [6.45, 7) is -1.50. The van der Waals surface area contributed by atoms with E-state index in [0.717, 1.165) is 0 Å². The monoisotopic (exact) mass is 340 g/mol. The standard InChI is InChI=1S/C12H19O11/c13-1-3(15)9-8(19)10(11(20)22-9)23-12-7(18)6(17)5(16)4(2-14)21-12/h3-10,12-18H,1-2H2/q-1/p+1/t3-,4+,5+,6-,7+,8?,9+,10?,12+/m0/s1. The maximum atomic E-state index is 12.0. The molecule has 0 aromatic heterocycles. The highest BCUT2D eigenvalue weighted by Crippen LogP contribution is 2.27. The highest BCUT2D eigenvalue weighted by Gasteiger charge is 2.49. The molecule has 2 saturated heterocycles. The topological polar surface area (TPSA) is 189 Å². The number of carbonyl (C=O) groups is 1. The summed E-state index contributed by atoms with van der Waals surface area (Å²) in [5.74, 6) is -1.13. The van der Waals surface area contributed by atoms with Gasteiger partial charge >= 0.3 is 7.40 Å². The Morgan fingerprint density at radius 1 is 1.22 bits per heavy atom. The van der Waals surface area contributed by atoms with E-state index in [1.165, 1.54) is 0 Å². The second-order valence-electron chi connectivity index (χ2n) is 5.37. The fourth-order valence-electron chi connectivity index (χ4n) is 2.43. The second-order valence-corrected chi connectivity index (χ2v) is 5.37. The van der Waals surface area contributed by atoms with Crippen LogP contribution in [0.15, 0.2) is 0 Å². The van der Waals surface area contributed by atoms with Gasteiger partial charge in [0.05, 0.1) is 13.2 Å². The molecule has 0 amide bonds. The zero-order chi connectivity index (χ0) is 17.3. The smallest absolute Gasteiger partial charge is 0.847 e. The van der Waals surface area contributed by atoms with Gasteiger partial charge in [0.25, 0.3) is 0 Å². The first-order valence-electron chi connectivity index (χ1n) is 6.93. The number of cyclic esters (lactones) is 1. The molecule has 11 heteroatoms. The highest BCUT2D eigenvalue weighted by molar-refractivity contribution is 5.78. The molecule has 0 aromatic carbocycles. The van der Waals surface area contributed by atoms with Crippen LogP contribution in [0, 0.1) is 0 Å². The first-order valence-corrected chi connectivity index (χ1v) is 6.93. The van der Waals surface area contributed by atoms with E-state index in [-0.39, 0.29) is 1.43 Å². The van der Waals surface area contributed by atoms with Gasteiger partial charge in [0.15, 0.2) is 6.29 Å². The summed E-state index contributed by atoms with van der Waals surface area (Å²) in [5, 5.41) is 68.3. The van der Waals surface area contributed by atoms with Crippen molar-refractivity contribution in [3.05, 3.63) is 0 Å². The van der Waals surface area contributed by atoms with Crippen molar-refractivity contribution in [2.45, 2.75) is 55.1 Å². The molecule has 2 rings (SSSR count). The Hall–Kier alpha value is -0.890. The number of esters is 1. The summed E-state index contributed by atoms with van der Waals surface area (Å²) in [4.78, 5) is 11.7. The molecule has 2 aliphatic rings. The minimum Gasteiger partial charge on any atom is -0.847 e. The van der Waals surface area contributed by atoms with Gasteiger partial charge < -0.3 is 50.0 Å². The van der Waals surface area contributed by atoms with Crippen LogP contribution in [0.1, 0.15) is 1.43 Å². The zero-order valence-electron chi connectivity index (χ0n) is 12.8. The van der Waals surface area contributed by atoms with Crippen LogP contribution in [-0.2, 0) is 19.0 Å². The van der Waals surface area contributed by atoms with E-state index >= 15 is 0 Å². The average molecular weight is 340 g/mol. The van der Waals surface area contributed by atoms with Gasteiger partial charge in [0.1, 0.15) is 42.7 Å². The van der Waals surface area contributed by atoms with E-state index in [4.69, 9.17) is 19.7 Å². The molecule has 2 unspecified atom stereocenters. The number of carbonyl (C=O) groups excluding carboxylic acids is 1. The lowest BCUT2D eigenvalue weighted by Gasteiger charge is -2.41. The molecule has 0 saturated carbocycles. The van der Waals surface area contributed by atoms with Gasteiger partial charge in [-0.05, 0) is 6.10 Å². The number of ether oxygens (including phenoxy) is 3. The summed E-state index contributed by atoms with van der Waals surface area (Å²) < 4.78 is 14.7. The Labute approximate surface area is 131 Å². The summed E-state index contributed by atoms with van der Waals surface area (Å²) in [5.41, 5.74) is 0. The van der Waals surface area contributed by atoms with E-state index in [0.29, 0.717) is 0 Å². The number of hydrogen-bond donors (Lipinski definition) is 6. The molecule has 2 fully saturated rings. The molecule has 23 heavy (non-hydrogen) atoms. The van der Waals surface area contributed by atoms with Crippen molar-refractivity contribution in [2.24, 2.45) is 0 Å². The van der Waals surface area contributed by atoms with Crippen LogP contribution in [0.25, 0.3) is 0 Å². The Morgan fingerprint density at radius 2 is 1.87 bits per heavy atom. The van der Waals surface area contributed by atoms with Gasteiger partial charge in [-0.15, -0.1) is 0 Å². The lowest BCUT2D eigenvalue weighted by molar-refractivity contribution is -0.452. The molecule has 6 N–H and O–H groups in total. The van der Waals surface area contributed by atoms with Crippen molar-refractivity contribution < 1.29 is 56.2 Å². The predicted molar refractivity (Wildman–Crippen MR) is 66.5 cm³/mol. The number of hydrogen-bond acceptors (Lipinski definition) is 11. The first kappa shape index (κ1) is 18.4. The van der Waals surface area contributed by atoms with Crippen LogP contribution in [-0.4, -0.2) is 105 Å². The second kappa shape index (κ2) is 7.34. The van der Waals surface area contributed by atoms with Crippen molar-refractivity contribution in [1.29, 1.82) is 0 Å². The predicted octanol–water partition coefficient (Wildman–Crippen LogP) is -5.71. The third-order valence-electron chi connectivity index (χ3n) is 3.80. The molecule has 9 atom stereocenters. The fourth-order valence-corrected chi connectivity index (χ4v) is 2.43. The molecule has 0 aromatic rings. The minimum atomic E-state index is -1.91. The summed E-state index contributed by atoms with van der Waals surface area (Å²) >= 11 is 0. The molecule has 0 aliphatic carbocycles. The van der Waals surface area contributed by atoms with Crippen LogP contribution in [0.3, 0.4) is 0 Å². The van der Waals surface area contributed by atoms with Crippen LogP contribution >= 0.6 is 0 Å². The van der Waals surface area contributed by atoms with Crippen LogP contribution in [0.2, 0.25) is 0 Å². The lowest BCUT2D eigenvalue weighted by Crippen LogP contribution is -2.61. The van der Waals surface area contributed by atoms with Gasteiger partial charge in [-0.1, -0.05) is 0 Å². The molecule has 0 radical (unpaired) electrons. The Bertz CT molecular complexity index is 422. The number of aliphatic hydroxyl groups is 6. The molecular weight excluding hydrogens is 320 g/mol.